The van der Waals surface area contributed by atoms with Crippen molar-refractivity contribution in [2.24, 2.45) is 0 Å². The van der Waals surface area contributed by atoms with E-state index in [0.717, 1.165) is 6.07 Å². The molecule has 0 aliphatic rings. The molecule has 2 rings (SSSR count). The molecule has 0 unspecified atom stereocenters. The molecule has 2 aromatic rings. The lowest BCUT2D eigenvalue weighted by molar-refractivity contribution is -0.136. The highest BCUT2D eigenvalue weighted by Crippen LogP contribution is 2.37. The van der Waals surface area contributed by atoms with Gasteiger partial charge in [0.15, 0.2) is 5.58 Å². The van der Waals surface area contributed by atoms with Crippen LogP contribution in [0.3, 0.4) is 0 Å². The highest BCUT2D eigenvalue weighted by Gasteiger charge is 2.33. The average Bonchev–Trinajstić information content (AvgIpc) is 2.45. The summed E-state index contributed by atoms with van der Waals surface area (Å²) in [5.74, 6) is 0.411. The normalized spacial score (nSPS) is 12.3. The Bertz CT molecular complexity index is 513. The van der Waals surface area contributed by atoms with Gasteiger partial charge >= 0.3 is 6.18 Å². The molecule has 80 valence electrons. The zero-order valence-corrected chi connectivity index (χ0v) is 7.85. The summed E-state index contributed by atoms with van der Waals surface area (Å²) >= 11 is 0. The van der Waals surface area contributed by atoms with Crippen LogP contribution in [0.5, 0.6) is 0 Å². The molecular weight excluding hydrogens is 207 g/mol. The molecule has 15 heavy (non-hydrogen) atoms. The predicted molar refractivity (Wildman–Crippen MR) is 50.4 cm³/mol. The van der Waals surface area contributed by atoms with E-state index < -0.39 is 11.7 Å². The number of hydrogen-bond acceptors (Lipinski definition) is 2. The summed E-state index contributed by atoms with van der Waals surface area (Å²) in [5, 5.41) is 0.0139. The van der Waals surface area contributed by atoms with Gasteiger partial charge in [0.1, 0.15) is 5.76 Å². The summed E-state index contributed by atoms with van der Waals surface area (Å²) in [4.78, 5) is 0. The Balaban J connectivity index is 2.83. The lowest BCUT2D eigenvalue weighted by Crippen LogP contribution is -2.05. The highest BCUT2D eigenvalue weighted by molar-refractivity contribution is 5.91. The van der Waals surface area contributed by atoms with Gasteiger partial charge in [-0.1, -0.05) is 0 Å². The topological polar surface area (TPSA) is 39.2 Å². The first-order valence-corrected chi connectivity index (χ1v) is 4.25. The smallest absolute Gasteiger partial charge is 0.417 e. The molecule has 1 heterocycles. The van der Waals surface area contributed by atoms with Crippen LogP contribution in [0.1, 0.15) is 11.3 Å². The fourth-order valence-electron chi connectivity index (χ4n) is 1.51. The molecule has 0 saturated heterocycles. The predicted octanol–water partition coefficient (Wildman–Crippen LogP) is 3.34. The van der Waals surface area contributed by atoms with E-state index in [4.69, 9.17) is 10.2 Å². The van der Waals surface area contributed by atoms with Gasteiger partial charge in [0, 0.05) is 5.39 Å². The molecule has 0 bridgehead atoms. The van der Waals surface area contributed by atoms with Crippen molar-refractivity contribution in [2.45, 2.75) is 13.1 Å². The average molecular weight is 215 g/mol. The molecule has 0 fully saturated rings. The van der Waals surface area contributed by atoms with Crippen molar-refractivity contribution in [2.75, 3.05) is 5.73 Å². The summed E-state index contributed by atoms with van der Waals surface area (Å²) in [6.45, 7) is 1.58. The van der Waals surface area contributed by atoms with Gasteiger partial charge in [0.25, 0.3) is 0 Å². The van der Waals surface area contributed by atoms with Gasteiger partial charge in [-0.25, -0.2) is 0 Å². The molecule has 0 aliphatic carbocycles. The van der Waals surface area contributed by atoms with Crippen molar-refractivity contribution in [1.82, 2.24) is 0 Å². The van der Waals surface area contributed by atoms with Crippen molar-refractivity contribution < 1.29 is 17.6 Å². The summed E-state index contributed by atoms with van der Waals surface area (Å²) in [7, 11) is 0. The molecule has 0 radical (unpaired) electrons. The van der Waals surface area contributed by atoms with Crippen LogP contribution in [0.2, 0.25) is 0 Å². The number of aryl methyl sites for hydroxylation is 1. The van der Waals surface area contributed by atoms with Crippen molar-refractivity contribution in [1.29, 1.82) is 0 Å². The summed E-state index contributed by atoms with van der Waals surface area (Å²) in [5.41, 5.74) is 5.12. The molecule has 0 aliphatic heterocycles. The lowest BCUT2D eigenvalue weighted by atomic mass is 10.1. The quantitative estimate of drug-likeness (QED) is 0.684. The van der Waals surface area contributed by atoms with Gasteiger partial charge in [-0.3, -0.25) is 0 Å². The SMILES string of the molecule is Cc1cc2c(C(F)(F)F)ccc(N)c2o1. The van der Waals surface area contributed by atoms with Crippen LogP contribution in [0.25, 0.3) is 11.0 Å². The van der Waals surface area contributed by atoms with E-state index in [2.05, 4.69) is 0 Å². The van der Waals surface area contributed by atoms with Gasteiger partial charge in [-0.05, 0) is 25.1 Å². The molecule has 0 atom stereocenters. The fourth-order valence-corrected chi connectivity index (χ4v) is 1.51. The van der Waals surface area contributed by atoms with E-state index in [1.54, 1.807) is 6.92 Å². The second-order valence-electron chi connectivity index (χ2n) is 3.30. The maximum absolute atomic E-state index is 12.6. The third-order valence-corrected chi connectivity index (χ3v) is 2.14. The molecule has 2 nitrogen and oxygen atoms in total. The van der Waals surface area contributed by atoms with Gasteiger partial charge < -0.3 is 10.2 Å². The maximum Gasteiger partial charge on any atom is 0.417 e. The first-order chi connectivity index (χ1) is 6.89. The Morgan fingerprint density at radius 1 is 1.27 bits per heavy atom. The molecule has 0 saturated carbocycles. The van der Waals surface area contributed by atoms with E-state index in [9.17, 15) is 13.2 Å². The second-order valence-corrected chi connectivity index (χ2v) is 3.30. The Morgan fingerprint density at radius 2 is 1.93 bits per heavy atom. The van der Waals surface area contributed by atoms with Gasteiger partial charge in [-0.2, -0.15) is 13.2 Å². The minimum absolute atomic E-state index is 0.0139. The Kier molecular flexibility index (Phi) is 1.92. The first kappa shape index (κ1) is 9.89. The van der Waals surface area contributed by atoms with Crippen LogP contribution < -0.4 is 5.73 Å². The third kappa shape index (κ3) is 1.54. The molecular formula is C10H8F3NO. The monoisotopic (exact) mass is 215 g/mol. The van der Waals surface area contributed by atoms with Gasteiger partial charge in [0.2, 0.25) is 0 Å². The highest BCUT2D eigenvalue weighted by atomic mass is 19.4. The zero-order valence-electron chi connectivity index (χ0n) is 7.85. The van der Waals surface area contributed by atoms with E-state index in [1.807, 2.05) is 0 Å². The van der Waals surface area contributed by atoms with E-state index >= 15 is 0 Å². The van der Waals surface area contributed by atoms with E-state index in [1.165, 1.54) is 12.1 Å². The summed E-state index contributed by atoms with van der Waals surface area (Å²) in [6, 6.07) is 3.51. The number of hydrogen-bond donors (Lipinski definition) is 1. The number of nitrogen functional groups attached to an aromatic ring is 1. The lowest BCUT2D eigenvalue weighted by Gasteiger charge is -2.07. The number of alkyl halides is 3. The first-order valence-electron chi connectivity index (χ1n) is 4.25. The largest absolute Gasteiger partial charge is 0.459 e. The number of benzene rings is 1. The minimum atomic E-state index is -4.39. The fraction of sp³-hybridized carbons (Fsp3) is 0.200. The van der Waals surface area contributed by atoms with Crippen LogP contribution >= 0.6 is 0 Å². The Hall–Kier alpha value is -1.65. The summed E-state index contributed by atoms with van der Waals surface area (Å²) in [6.07, 6.45) is -4.39. The molecule has 2 N–H and O–H groups in total. The number of fused-ring (bicyclic) bond motifs is 1. The molecule has 1 aromatic heterocycles. The number of rotatable bonds is 0. The van der Waals surface area contributed by atoms with Crippen molar-refractivity contribution in [3.63, 3.8) is 0 Å². The van der Waals surface area contributed by atoms with Crippen molar-refractivity contribution in [3.05, 3.63) is 29.5 Å². The van der Waals surface area contributed by atoms with Crippen molar-refractivity contribution in [3.8, 4) is 0 Å². The van der Waals surface area contributed by atoms with Crippen LogP contribution in [0.15, 0.2) is 22.6 Å². The van der Waals surface area contributed by atoms with E-state index in [0.29, 0.717) is 5.76 Å². The molecule has 1 aromatic carbocycles. The Labute approximate surface area is 83.5 Å². The Morgan fingerprint density at radius 3 is 2.53 bits per heavy atom. The van der Waals surface area contributed by atoms with Gasteiger partial charge in [-0.15, -0.1) is 0 Å². The number of halogens is 3. The minimum Gasteiger partial charge on any atom is -0.459 e. The maximum atomic E-state index is 12.6. The standard InChI is InChI=1S/C10H8F3NO/c1-5-4-6-7(10(11,12)13)2-3-8(14)9(6)15-5/h2-4H,14H2,1H3. The molecule has 0 spiro atoms. The molecule has 5 heteroatoms. The summed E-state index contributed by atoms with van der Waals surface area (Å²) < 4.78 is 42.8. The van der Waals surface area contributed by atoms with Crippen LogP contribution in [-0.2, 0) is 6.18 Å². The number of nitrogens with two attached hydrogens (primary N) is 1. The number of furan rings is 1. The van der Waals surface area contributed by atoms with E-state index in [-0.39, 0.29) is 16.7 Å². The molecule has 0 amide bonds. The second kappa shape index (κ2) is 2.92. The van der Waals surface area contributed by atoms with Crippen LogP contribution in [0, 0.1) is 6.92 Å². The van der Waals surface area contributed by atoms with Crippen LogP contribution in [0.4, 0.5) is 18.9 Å². The third-order valence-electron chi connectivity index (χ3n) is 2.14. The number of anilines is 1. The zero-order chi connectivity index (χ0) is 11.2. The van der Waals surface area contributed by atoms with Gasteiger partial charge in [0.05, 0.1) is 11.3 Å². The van der Waals surface area contributed by atoms with Crippen LogP contribution in [-0.4, -0.2) is 0 Å². The van der Waals surface area contributed by atoms with Crippen molar-refractivity contribution >= 4 is 16.7 Å².